The molecule has 3 N–H and O–H groups in total. The summed E-state index contributed by atoms with van der Waals surface area (Å²) >= 11 is 1.16. The average molecular weight is 463 g/mol. The molecule has 0 fully saturated rings. The van der Waals surface area contributed by atoms with Gasteiger partial charge in [-0.3, -0.25) is 4.79 Å². The number of nitrogen functional groups attached to an aromatic ring is 1. The quantitative estimate of drug-likeness (QED) is 0.364. The highest BCUT2D eigenvalue weighted by molar-refractivity contribution is 7.21. The van der Waals surface area contributed by atoms with Crippen LogP contribution in [0.15, 0.2) is 48.5 Å². The minimum Gasteiger partial charge on any atom is -0.497 e. The molecule has 2 aromatic carbocycles. The van der Waals surface area contributed by atoms with Gasteiger partial charge in [0.25, 0.3) is 0 Å². The zero-order valence-corrected chi connectivity index (χ0v) is 19.2. The number of carboxylic acids is 1. The summed E-state index contributed by atoms with van der Waals surface area (Å²) in [4.78, 5) is 30.7. The molecule has 0 spiro atoms. The van der Waals surface area contributed by atoms with E-state index in [0.29, 0.717) is 55.6 Å². The van der Waals surface area contributed by atoms with Crippen molar-refractivity contribution in [3.63, 3.8) is 0 Å². The summed E-state index contributed by atoms with van der Waals surface area (Å²) < 4.78 is 10.7. The molecule has 0 aliphatic carbocycles. The highest BCUT2D eigenvalue weighted by atomic mass is 32.1. The first-order valence-electron chi connectivity index (χ1n) is 10.2. The van der Waals surface area contributed by atoms with E-state index < -0.39 is 5.97 Å². The number of nitrogens with zero attached hydrogens (tertiary/aromatic N) is 1. The van der Waals surface area contributed by atoms with E-state index in [1.54, 1.807) is 62.6 Å². The van der Waals surface area contributed by atoms with E-state index >= 15 is 0 Å². The maximum Gasteiger partial charge on any atom is 0.338 e. The van der Waals surface area contributed by atoms with E-state index in [-0.39, 0.29) is 17.0 Å². The number of fused-ring (bicyclic) bond motifs is 1. The fourth-order valence-electron chi connectivity index (χ4n) is 3.74. The van der Waals surface area contributed by atoms with Crippen molar-refractivity contribution in [2.45, 2.75) is 13.8 Å². The summed E-state index contributed by atoms with van der Waals surface area (Å²) in [6, 6.07) is 13.9. The molecule has 33 heavy (non-hydrogen) atoms. The van der Waals surface area contributed by atoms with Gasteiger partial charge in [0.15, 0.2) is 0 Å². The minimum atomic E-state index is -1.11. The number of rotatable bonds is 7. The fourth-order valence-corrected chi connectivity index (χ4v) is 4.86. The van der Waals surface area contributed by atoms with Crippen LogP contribution in [0, 0.1) is 6.92 Å². The Balaban J connectivity index is 1.93. The van der Waals surface area contributed by atoms with Crippen molar-refractivity contribution in [2.24, 2.45) is 0 Å². The van der Waals surface area contributed by atoms with Crippen LogP contribution in [0.2, 0.25) is 0 Å². The van der Waals surface area contributed by atoms with Crippen molar-refractivity contribution in [1.29, 1.82) is 0 Å². The topological polar surface area (TPSA) is 112 Å². The number of hydrogen-bond acceptors (Lipinski definition) is 7. The van der Waals surface area contributed by atoms with Gasteiger partial charge < -0.3 is 20.3 Å². The number of thiophene rings is 1. The SMILES string of the molecule is CCOc1ccc(-c2c(C(=O)O)c(C)nc3sc(C(=O)c4ccc(OC)cc4)c(N)c23)cc1. The molecule has 0 unspecified atom stereocenters. The second-order valence-electron chi connectivity index (χ2n) is 7.29. The van der Waals surface area contributed by atoms with Gasteiger partial charge in [0.05, 0.1) is 30.7 Å². The third kappa shape index (κ3) is 4.01. The van der Waals surface area contributed by atoms with E-state index in [1.807, 2.05) is 6.92 Å². The van der Waals surface area contributed by atoms with Crippen LogP contribution in [-0.2, 0) is 0 Å². The number of ether oxygens (including phenoxy) is 2. The van der Waals surface area contributed by atoms with E-state index in [2.05, 4.69) is 4.98 Å². The summed E-state index contributed by atoms with van der Waals surface area (Å²) in [6.07, 6.45) is 0. The molecule has 0 radical (unpaired) electrons. The molecule has 0 amide bonds. The normalized spacial score (nSPS) is 10.9. The Morgan fingerprint density at radius 1 is 1.06 bits per heavy atom. The molecule has 0 saturated carbocycles. The summed E-state index contributed by atoms with van der Waals surface area (Å²) in [5, 5.41) is 10.4. The molecule has 0 saturated heterocycles. The summed E-state index contributed by atoms with van der Waals surface area (Å²) in [6.45, 7) is 4.05. The lowest BCUT2D eigenvalue weighted by Crippen LogP contribution is -2.06. The van der Waals surface area contributed by atoms with Crippen LogP contribution in [0.4, 0.5) is 5.69 Å². The molecular formula is C25H22N2O5S. The third-order valence-corrected chi connectivity index (χ3v) is 6.38. The largest absolute Gasteiger partial charge is 0.497 e. The Kier molecular flexibility index (Phi) is 6.02. The van der Waals surface area contributed by atoms with Gasteiger partial charge in [-0.1, -0.05) is 12.1 Å². The van der Waals surface area contributed by atoms with Crippen LogP contribution in [0.5, 0.6) is 11.5 Å². The van der Waals surface area contributed by atoms with Crippen LogP contribution >= 0.6 is 11.3 Å². The summed E-state index contributed by atoms with van der Waals surface area (Å²) in [5.74, 6) is -0.0596. The Morgan fingerprint density at radius 3 is 2.27 bits per heavy atom. The molecule has 0 aliphatic heterocycles. The highest BCUT2D eigenvalue weighted by Crippen LogP contribution is 2.43. The summed E-state index contributed by atoms with van der Waals surface area (Å²) in [5.41, 5.74) is 8.64. The minimum absolute atomic E-state index is 0.0552. The number of carbonyl (C=O) groups is 2. The van der Waals surface area contributed by atoms with Crippen LogP contribution in [0.3, 0.4) is 0 Å². The smallest absolute Gasteiger partial charge is 0.338 e. The van der Waals surface area contributed by atoms with E-state index in [0.717, 1.165) is 11.3 Å². The van der Waals surface area contributed by atoms with Gasteiger partial charge in [-0.15, -0.1) is 11.3 Å². The zero-order chi connectivity index (χ0) is 23.7. The predicted molar refractivity (Wildman–Crippen MR) is 129 cm³/mol. The Bertz CT molecular complexity index is 1360. The first-order valence-corrected chi connectivity index (χ1v) is 11.0. The molecular weight excluding hydrogens is 440 g/mol. The Hall–Kier alpha value is -3.91. The van der Waals surface area contributed by atoms with Crippen LogP contribution in [0.25, 0.3) is 21.3 Å². The standard InChI is InChI=1S/C25H22N2O5S/c1-4-32-17-11-5-14(6-12-17)19-18(25(29)30)13(2)27-24-20(19)21(26)23(33-24)22(28)15-7-9-16(31-3)10-8-15/h5-12H,4,26H2,1-3H3,(H,29,30). The van der Waals surface area contributed by atoms with Crippen molar-refractivity contribution in [3.05, 3.63) is 70.2 Å². The molecule has 8 heteroatoms. The Morgan fingerprint density at radius 2 is 1.70 bits per heavy atom. The molecule has 2 aromatic heterocycles. The van der Waals surface area contributed by atoms with Gasteiger partial charge in [-0.05, 0) is 55.8 Å². The fraction of sp³-hybridized carbons (Fsp3) is 0.160. The molecule has 0 atom stereocenters. The number of ketones is 1. The van der Waals surface area contributed by atoms with Crippen LogP contribution < -0.4 is 15.2 Å². The van der Waals surface area contributed by atoms with Crippen molar-refractivity contribution in [2.75, 3.05) is 19.5 Å². The van der Waals surface area contributed by atoms with E-state index in [4.69, 9.17) is 15.2 Å². The molecule has 0 aliphatic rings. The molecule has 4 rings (SSSR count). The van der Waals surface area contributed by atoms with Crippen molar-refractivity contribution >= 4 is 39.0 Å². The van der Waals surface area contributed by atoms with E-state index in [1.165, 1.54) is 0 Å². The lowest BCUT2D eigenvalue weighted by molar-refractivity contribution is 0.0696. The number of nitrogens with two attached hydrogens (primary N) is 1. The average Bonchev–Trinajstić information content (AvgIpc) is 3.14. The number of aromatic nitrogens is 1. The number of aryl methyl sites for hydroxylation is 1. The highest BCUT2D eigenvalue weighted by Gasteiger charge is 2.26. The van der Waals surface area contributed by atoms with E-state index in [9.17, 15) is 14.7 Å². The monoisotopic (exact) mass is 462 g/mol. The lowest BCUT2D eigenvalue weighted by Gasteiger charge is -2.12. The van der Waals surface area contributed by atoms with Gasteiger partial charge in [-0.25, -0.2) is 9.78 Å². The van der Waals surface area contributed by atoms with Crippen LogP contribution in [-0.4, -0.2) is 35.6 Å². The zero-order valence-electron chi connectivity index (χ0n) is 18.3. The number of pyridine rings is 1. The molecule has 0 bridgehead atoms. The third-order valence-electron chi connectivity index (χ3n) is 5.28. The second kappa shape index (κ2) is 8.91. The molecule has 7 nitrogen and oxygen atoms in total. The Labute approximate surface area is 194 Å². The maximum atomic E-state index is 13.2. The molecule has 168 valence electrons. The maximum absolute atomic E-state index is 13.2. The number of methoxy groups -OCH3 is 1. The number of anilines is 1. The number of aromatic carboxylic acids is 1. The number of hydrogen-bond donors (Lipinski definition) is 2. The van der Waals surface area contributed by atoms with Gasteiger partial charge in [0.1, 0.15) is 21.2 Å². The summed E-state index contributed by atoms with van der Waals surface area (Å²) in [7, 11) is 1.55. The predicted octanol–water partition coefficient (Wildman–Crippen LogP) is 5.19. The first-order chi connectivity index (χ1) is 15.8. The molecule has 4 aromatic rings. The molecule has 2 heterocycles. The first kappa shape index (κ1) is 22.3. The van der Waals surface area contributed by atoms with Crippen molar-refractivity contribution in [1.82, 2.24) is 4.98 Å². The van der Waals surface area contributed by atoms with Crippen molar-refractivity contribution < 1.29 is 24.2 Å². The van der Waals surface area contributed by atoms with Gasteiger partial charge in [0.2, 0.25) is 5.78 Å². The van der Waals surface area contributed by atoms with Gasteiger partial charge >= 0.3 is 5.97 Å². The lowest BCUT2D eigenvalue weighted by atomic mass is 9.95. The number of carbonyl (C=O) groups excluding carboxylic acids is 1. The number of benzene rings is 2. The van der Waals surface area contributed by atoms with Crippen LogP contribution in [0.1, 0.15) is 38.2 Å². The van der Waals surface area contributed by atoms with Gasteiger partial charge in [0, 0.05) is 16.5 Å². The number of carboxylic acid groups (broad SMARTS) is 1. The second-order valence-corrected chi connectivity index (χ2v) is 8.29. The van der Waals surface area contributed by atoms with Gasteiger partial charge in [-0.2, -0.15) is 0 Å². The van der Waals surface area contributed by atoms with Crippen molar-refractivity contribution in [3.8, 4) is 22.6 Å².